The van der Waals surface area contributed by atoms with Gasteiger partial charge in [0.25, 0.3) is 0 Å². The first-order chi connectivity index (χ1) is 8.98. The minimum atomic E-state index is -4.46. The van der Waals surface area contributed by atoms with Crippen molar-refractivity contribution < 1.29 is 18.3 Å². The summed E-state index contributed by atoms with van der Waals surface area (Å²) in [6.07, 6.45) is 0.0955. The molecule has 0 spiro atoms. The molecule has 0 radical (unpaired) electrons. The number of rotatable bonds is 1. The molecular weight excluding hydrogens is 253 g/mol. The Morgan fingerprint density at radius 3 is 2.42 bits per heavy atom. The summed E-state index contributed by atoms with van der Waals surface area (Å²) in [5, 5.41) is 9.71. The highest BCUT2D eigenvalue weighted by Gasteiger charge is 2.36. The molecule has 1 aromatic rings. The van der Waals surface area contributed by atoms with E-state index < -0.39 is 17.9 Å². The van der Waals surface area contributed by atoms with Gasteiger partial charge in [-0.25, -0.2) is 0 Å². The van der Waals surface area contributed by atoms with Gasteiger partial charge in [-0.1, -0.05) is 42.5 Å². The summed E-state index contributed by atoms with van der Waals surface area (Å²) in [5.74, 6) is 0. The third-order valence-corrected chi connectivity index (χ3v) is 2.82. The van der Waals surface area contributed by atoms with Gasteiger partial charge in [-0.2, -0.15) is 13.2 Å². The Labute approximate surface area is 109 Å². The average molecular weight is 266 g/mol. The van der Waals surface area contributed by atoms with E-state index in [9.17, 15) is 18.3 Å². The second kappa shape index (κ2) is 5.45. The van der Waals surface area contributed by atoms with E-state index in [-0.39, 0.29) is 5.57 Å². The largest absolute Gasteiger partial charge is 0.416 e. The van der Waals surface area contributed by atoms with E-state index in [0.29, 0.717) is 12.0 Å². The maximum Gasteiger partial charge on any atom is 0.416 e. The summed E-state index contributed by atoms with van der Waals surface area (Å²) in [6.45, 7) is 0. The van der Waals surface area contributed by atoms with Crippen molar-refractivity contribution in [1.82, 2.24) is 0 Å². The SMILES string of the molecule is O[C@@H]1/C=C(c2ccccc2)/C(C(F)(F)F)=C\C=C/C1. The molecule has 0 saturated carbocycles. The van der Waals surface area contributed by atoms with Crippen LogP contribution in [0.25, 0.3) is 5.57 Å². The van der Waals surface area contributed by atoms with Crippen LogP contribution in [0.15, 0.2) is 60.2 Å². The van der Waals surface area contributed by atoms with Crippen LogP contribution in [-0.4, -0.2) is 17.4 Å². The molecule has 0 fully saturated rings. The van der Waals surface area contributed by atoms with Crippen molar-refractivity contribution in [3.8, 4) is 0 Å². The minimum absolute atomic E-state index is 0.0185. The van der Waals surface area contributed by atoms with E-state index >= 15 is 0 Å². The van der Waals surface area contributed by atoms with Crippen LogP contribution in [0.4, 0.5) is 13.2 Å². The number of hydrogen-bond donors (Lipinski definition) is 1. The standard InChI is InChI=1S/C15H13F3O/c16-15(17,18)14-9-5-4-8-12(19)10-13(14)11-6-2-1-3-7-11/h1-7,9-10,12,19H,8H2/b5-4-,13-10+,14-9+/t12-/m0/s1. The van der Waals surface area contributed by atoms with Crippen LogP contribution in [0, 0.1) is 0 Å². The van der Waals surface area contributed by atoms with Crippen LogP contribution < -0.4 is 0 Å². The first-order valence-electron chi connectivity index (χ1n) is 5.88. The Bertz CT molecular complexity index is 524. The molecule has 1 aliphatic carbocycles. The maximum absolute atomic E-state index is 13.1. The molecule has 0 aliphatic heterocycles. The first-order valence-corrected chi connectivity index (χ1v) is 5.88. The fourth-order valence-electron chi connectivity index (χ4n) is 1.94. The van der Waals surface area contributed by atoms with Crippen molar-refractivity contribution in [2.75, 3.05) is 0 Å². The Hall–Kier alpha value is -1.81. The molecule has 19 heavy (non-hydrogen) atoms. The topological polar surface area (TPSA) is 20.2 Å². The molecule has 0 bridgehead atoms. The average Bonchev–Trinajstić information content (AvgIpc) is 2.33. The van der Waals surface area contributed by atoms with Crippen LogP contribution in [0.2, 0.25) is 0 Å². The van der Waals surface area contributed by atoms with Crippen molar-refractivity contribution in [2.45, 2.75) is 18.7 Å². The number of hydrogen-bond acceptors (Lipinski definition) is 1. The molecule has 4 heteroatoms. The second-order valence-electron chi connectivity index (χ2n) is 4.26. The monoisotopic (exact) mass is 266 g/mol. The zero-order chi connectivity index (χ0) is 13.9. The second-order valence-corrected chi connectivity index (χ2v) is 4.26. The van der Waals surface area contributed by atoms with Gasteiger partial charge in [0, 0.05) is 0 Å². The van der Waals surface area contributed by atoms with Gasteiger partial charge >= 0.3 is 6.18 Å². The molecule has 100 valence electrons. The number of allylic oxidation sites excluding steroid dienone is 4. The van der Waals surface area contributed by atoms with Crippen LogP contribution >= 0.6 is 0 Å². The molecule has 2 rings (SSSR count). The lowest BCUT2D eigenvalue weighted by atomic mass is 9.93. The van der Waals surface area contributed by atoms with Crippen LogP contribution in [0.5, 0.6) is 0 Å². The van der Waals surface area contributed by atoms with E-state index in [4.69, 9.17) is 0 Å². The number of benzene rings is 1. The highest BCUT2D eigenvalue weighted by molar-refractivity contribution is 5.81. The molecule has 0 heterocycles. The molecule has 1 N–H and O–H groups in total. The zero-order valence-electron chi connectivity index (χ0n) is 10.1. The van der Waals surface area contributed by atoms with E-state index in [1.807, 2.05) is 0 Å². The van der Waals surface area contributed by atoms with E-state index in [1.54, 1.807) is 30.3 Å². The van der Waals surface area contributed by atoms with Gasteiger partial charge in [0.1, 0.15) is 0 Å². The maximum atomic E-state index is 13.1. The summed E-state index contributed by atoms with van der Waals surface area (Å²) in [7, 11) is 0. The lowest BCUT2D eigenvalue weighted by molar-refractivity contribution is -0.0871. The van der Waals surface area contributed by atoms with E-state index in [2.05, 4.69) is 0 Å². The van der Waals surface area contributed by atoms with Gasteiger partial charge in [0.2, 0.25) is 0 Å². The Balaban J connectivity index is 2.56. The highest BCUT2D eigenvalue weighted by atomic mass is 19.4. The summed E-state index contributed by atoms with van der Waals surface area (Å²) < 4.78 is 39.3. The van der Waals surface area contributed by atoms with Crippen molar-refractivity contribution in [1.29, 1.82) is 0 Å². The molecule has 1 aliphatic rings. The summed E-state index contributed by atoms with van der Waals surface area (Å²) in [6, 6.07) is 8.28. The van der Waals surface area contributed by atoms with E-state index in [0.717, 1.165) is 6.08 Å². The van der Waals surface area contributed by atoms with Gasteiger partial charge in [0.15, 0.2) is 0 Å². The Morgan fingerprint density at radius 2 is 1.79 bits per heavy atom. The Kier molecular flexibility index (Phi) is 3.90. The number of halogens is 3. The van der Waals surface area contributed by atoms with Gasteiger partial charge in [-0.3, -0.25) is 0 Å². The third-order valence-electron chi connectivity index (χ3n) is 2.82. The quantitative estimate of drug-likeness (QED) is 0.817. The molecule has 1 aromatic carbocycles. The van der Waals surface area contributed by atoms with E-state index in [1.165, 1.54) is 18.2 Å². The van der Waals surface area contributed by atoms with Crippen LogP contribution in [0.3, 0.4) is 0 Å². The van der Waals surface area contributed by atoms with Crippen molar-refractivity contribution in [3.63, 3.8) is 0 Å². The molecule has 1 nitrogen and oxygen atoms in total. The van der Waals surface area contributed by atoms with Crippen molar-refractivity contribution in [2.24, 2.45) is 0 Å². The van der Waals surface area contributed by atoms with Gasteiger partial charge in [-0.05, 0) is 29.7 Å². The molecule has 0 saturated heterocycles. The van der Waals surface area contributed by atoms with Gasteiger partial charge in [-0.15, -0.1) is 0 Å². The van der Waals surface area contributed by atoms with Gasteiger partial charge in [0.05, 0.1) is 11.7 Å². The first kappa shape index (κ1) is 13.6. The number of aliphatic hydroxyl groups excluding tert-OH is 1. The molecular formula is C15H13F3O. The summed E-state index contributed by atoms with van der Waals surface area (Å²) >= 11 is 0. The predicted octanol–water partition coefficient (Wildman–Crippen LogP) is 3.88. The molecule has 0 aromatic heterocycles. The lowest BCUT2D eigenvalue weighted by Gasteiger charge is -2.18. The smallest absolute Gasteiger partial charge is 0.389 e. The number of aliphatic hydroxyl groups is 1. The van der Waals surface area contributed by atoms with Crippen molar-refractivity contribution in [3.05, 3.63) is 65.8 Å². The lowest BCUT2D eigenvalue weighted by Crippen LogP contribution is -2.16. The summed E-state index contributed by atoms with van der Waals surface area (Å²) in [4.78, 5) is 0. The highest BCUT2D eigenvalue weighted by Crippen LogP contribution is 2.37. The van der Waals surface area contributed by atoms with Crippen molar-refractivity contribution >= 4 is 5.57 Å². The van der Waals surface area contributed by atoms with Crippen LogP contribution in [0.1, 0.15) is 12.0 Å². The Morgan fingerprint density at radius 1 is 1.11 bits per heavy atom. The predicted molar refractivity (Wildman–Crippen MR) is 68.3 cm³/mol. The third kappa shape index (κ3) is 3.35. The minimum Gasteiger partial charge on any atom is -0.389 e. The number of alkyl halides is 3. The molecule has 0 unspecified atom stereocenters. The van der Waals surface area contributed by atoms with Crippen LogP contribution in [-0.2, 0) is 0 Å². The molecule has 0 amide bonds. The summed E-state index contributed by atoms with van der Waals surface area (Å²) in [5.41, 5.74) is -0.279. The fourth-order valence-corrected chi connectivity index (χ4v) is 1.94. The normalized spacial score (nSPS) is 27.5. The van der Waals surface area contributed by atoms with Gasteiger partial charge < -0.3 is 5.11 Å². The zero-order valence-corrected chi connectivity index (χ0v) is 10.1. The fraction of sp³-hybridized carbons (Fsp3) is 0.200. The molecule has 1 atom stereocenters.